The Hall–Kier alpha value is -0.300. The van der Waals surface area contributed by atoms with Gasteiger partial charge in [0.05, 0.1) is 12.7 Å². The number of nitriles is 1. The van der Waals surface area contributed by atoms with E-state index >= 15 is 0 Å². The average Bonchev–Trinajstić information content (AvgIpc) is 1.69. The van der Waals surface area contributed by atoms with E-state index in [1.807, 2.05) is 6.07 Å². The van der Waals surface area contributed by atoms with Gasteiger partial charge in [0.15, 0.2) is 0 Å². The van der Waals surface area contributed by atoms with Gasteiger partial charge in [-0.2, -0.15) is 5.26 Å². The lowest BCUT2D eigenvalue weighted by Gasteiger charge is -1.87. The van der Waals surface area contributed by atoms with E-state index in [1.54, 1.807) is 0 Å². The van der Waals surface area contributed by atoms with Crippen LogP contribution in [-0.2, 0) is 4.84 Å². The summed E-state index contributed by atoms with van der Waals surface area (Å²) in [6, 6.07) is 1.97. The molecule has 0 unspecified atom stereocenters. The summed E-state index contributed by atoms with van der Waals surface area (Å²) in [6.45, 7) is 0.480. The van der Waals surface area contributed by atoms with E-state index in [0.29, 0.717) is 13.0 Å². The van der Waals surface area contributed by atoms with Crippen LogP contribution in [-0.4, -0.2) is 6.61 Å². The van der Waals surface area contributed by atoms with Crippen LogP contribution in [0.3, 0.4) is 0 Å². The molecule has 2 N–H and O–H groups in total. The summed E-state index contributed by atoms with van der Waals surface area (Å²) < 4.78 is 0. The second-order valence-electron chi connectivity index (χ2n) is 1.13. The van der Waals surface area contributed by atoms with Gasteiger partial charge < -0.3 is 4.84 Å². The summed E-state index contributed by atoms with van der Waals surface area (Å²) in [5.41, 5.74) is 0. The first-order valence-corrected chi connectivity index (χ1v) is 2.10. The maximum Gasteiger partial charge on any atom is 0.0689 e. The second-order valence-corrected chi connectivity index (χ2v) is 1.13. The third-order valence-electron chi connectivity index (χ3n) is 0.551. The van der Waals surface area contributed by atoms with Crippen molar-refractivity contribution in [2.24, 2.45) is 5.90 Å². The Balaban J connectivity index is 0. The first kappa shape index (κ1) is 10.6. The molecule has 0 fully saturated rings. The fourth-order valence-electron chi connectivity index (χ4n) is 0.235. The highest BCUT2D eigenvalue weighted by Crippen LogP contribution is 1.82. The number of nitrogens with zero attached hydrogens (tertiary/aromatic N) is 1. The maximum atomic E-state index is 7.95. The van der Waals surface area contributed by atoms with Crippen molar-refractivity contribution in [3.05, 3.63) is 0 Å². The van der Waals surface area contributed by atoms with Crippen LogP contribution in [0.25, 0.3) is 0 Å². The molecule has 0 saturated carbocycles. The first-order valence-electron chi connectivity index (χ1n) is 2.10. The Morgan fingerprint density at radius 2 is 2.25 bits per heavy atom. The molecule has 0 radical (unpaired) electrons. The van der Waals surface area contributed by atoms with Crippen molar-refractivity contribution in [2.75, 3.05) is 6.61 Å². The minimum Gasteiger partial charge on any atom is -0.305 e. The van der Waals surface area contributed by atoms with Crippen molar-refractivity contribution in [2.45, 2.75) is 12.8 Å². The fraction of sp³-hybridized carbons (Fsp3) is 0.750. The van der Waals surface area contributed by atoms with Crippen molar-refractivity contribution in [1.29, 1.82) is 5.26 Å². The van der Waals surface area contributed by atoms with E-state index in [9.17, 15) is 0 Å². The van der Waals surface area contributed by atoms with Crippen LogP contribution in [0.4, 0.5) is 0 Å². The second kappa shape index (κ2) is 9.85. The van der Waals surface area contributed by atoms with Gasteiger partial charge in [-0.1, -0.05) is 0 Å². The number of hydrogen-bond acceptors (Lipinski definition) is 3. The lowest BCUT2D eigenvalue weighted by molar-refractivity contribution is 0.136. The van der Waals surface area contributed by atoms with Crippen LogP contribution < -0.4 is 5.90 Å². The van der Waals surface area contributed by atoms with E-state index in [2.05, 4.69) is 10.7 Å². The van der Waals surface area contributed by atoms with Crippen molar-refractivity contribution < 1.29 is 4.84 Å². The number of rotatable bonds is 3. The van der Waals surface area contributed by atoms with E-state index < -0.39 is 0 Å². The molecule has 0 aromatic heterocycles. The molecule has 0 saturated heterocycles. The van der Waals surface area contributed by atoms with Gasteiger partial charge in [-0.3, -0.25) is 0 Å². The van der Waals surface area contributed by atoms with Crippen LogP contribution in [0.1, 0.15) is 12.8 Å². The van der Waals surface area contributed by atoms with Gasteiger partial charge in [-0.05, 0) is 6.42 Å². The molecule has 0 bridgehead atoms. The summed E-state index contributed by atoms with van der Waals surface area (Å²) >= 11 is 0. The Kier molecular flexibility index (Phi) is 13.1. The highest BCUT2D eigenvalue weighted by atomic mass is 35.5. The zero-order chi connectivity index (χ0) is 5.54. The van der Waals surface area contributed by atoms with Gasteiger partial charge in [0.1, 0.15) is 0 Å². The van der Waals surface area contributed by atoms with E-state index in [1.165, 1.54) is 0 Å². The highest BCUT2D eigenvalue weighted by molar-refractivity contribution is 5.85. The fourth-order valence-corrected chi connectivity index (χ4v) is 0.235. The standard InChI is InChI=1S/C4H8N2O.ClH/c5-3-1-2-4-7-6;/h1-2,4,6H2;1H. The lowest BCUT2D eigenvalue weighted by Crippen LogP contribution is -1.99. The molecule has 0 aromatic rings. The molecule has 0 heterocycles. The highest BCUT2D eigenvalue weighted by Gasteiger charge is 1.80. The van der Waals surface area contributed by atoms with Gasteiger partial charge in [-0.25, -0.2) is 5.90 Å². The van der Waals surface area contributed by atoms with Crippen LogP contribution in [0.2, 0.25) is 0 Å². The molecule has 8 heavy (non-hydrogen) atoms. The molecule has 0 aliphatic carbocycles. The minimum atomic E-state index is 0. The van der Waals surface area contributed by atoms with Gasteiger partial charge >= 0.3 is 0 Å². The largest absolute Gasteiger partial charge is 0.305 e. The molecule has 0 amide bonds. The molecule has 0 aliphatic rings. The Labute approximate surface area is 54.8 Å². The number of hydrogen-bond donors (Lipinski definition) is 1. The zero-order valence-corrected chi connectivity index (χ0v) is 5.28. The lowest BCUT2D eigenvalue weighted by atomic mass is 10.4. The average molecular weight is 137 g/mol. The van der Waals surface area contributed by atoms with Crippen molar-refractivity contribution >= 4 is 12.4 Å². The van der Waals surface area contributed by atoms with E-state index in [0.717, 1.165) is 6.42 Å². The molecule has 0 spiro atoms. The summed E-state index contributed by atoms with van der Waals surface area (Å²) in [5.74, 6) is 4.66. The predicted octanol–water partition coefficient (Wildman–Crippen LogP) is 0.602. The van der Waals surface area contributed by atoms with Gasteiger partial charge in [0.25, 0.3) is 0 Å². The van der Waals surface area contributed by atoms with Crippen molar-refractivity contribution in [3.8, 4) is 6.07 Å². The van der Waals surface area contributed by atoms with Gasteiger partial charge in [-0.15, -0.1) is 12.4 Å². The SMILES string of the molecule is Cl.N#CCCCON. The third-order valence-corrected chi connectivity index (χ3v) is 0.551. The summed E-state index contributed by atoms with van der Waals surface area (Å²) in [7, 11) is 0. The Morgan fingerprint density at radius 1 is 1.62 bits per heavy atom. The zero-order valence-electron chi connectivity index (χ0n) is 4.46. The molecular weight excluding hydrogens is 128 g/mol. The van der Waals surface area contributed by atoms with E-state index in [4.69, 9.17) is 5.26 Å². The topological polar surface area (TPSA) is 59.0 Å². The van der Waals surface area contributed by atoms with Gasteiger partial charge in [0, 0.05) is 6.42 Å². The van der Waals surface area contributed by atoms with E-state index in [-0.39, 0.29) is 12.4 Å². The minimum absolute atomic E-state index is 0. The van der Waals surface area contributed by atoms with Crippen LogP contribution in [0.15, 0.2) is 0 Å². The van der Waals surface area contributed by atoms with Crippen molar-refractivity contribution in [3.63, 3.8) is 0 Å². The predicted molar refractivity (Wildman–Crippen MR) is 32.2 cm³/mol. The maximum absolute atomic E-state index is 7.95. The Bertz CT molecular complexity index is 70.9. The summed E-state index contributed by atoms with van der Waals surface area (Å²) in [5, 5.41) is 7.95. The monoisotopic (exact) mass is 136 g/mol. The molecule has 0 aromatic carbocycles. The quantitative estimate of drug-likeness (QED) is 0.457. The number of nitrogens with two attached hydrogens (primary N) is 1. The summed E-state index contributed by atoms with van der Waals surface area (Å²) in [4.78, 5) is 4.19. The van der Waals surface area contributed by atoms with Crippen LogP contribution >= 0.6 is 12.4 Å². The number of halogens is 1. The normalized spacial score (nSPS) is 7.00. The molecular formula is C4H9ClN2O. The molecule has 0 atom stereocenters. The molecule has 0 aliphatic heterocycles. The van der Waals surface area contributed by atoms with Crippen LogP contribution in [0.5, 0.6) is 0 Å². The van der Waals surface area contributed by atoms with Crippen LogP contribution in [0, 0.1) is 11.3 Å². The van der Waals surface area contributed by atoms with Crippen molar-refractivity contribution in [1.82, 2.24) is 0 Å². The number of unbranched alkanes of at least 4 members (excludes halogenated alkanes) is 1. The van der Waals surface area contributed by atoms with Gasteiger partial charge in [0.2, 0.25) is 0 Å². The molecule has 48 valence electrons. The first-order chi connectivity index (χ1) is 3.41. The molecule has 4 heteroatoms. The smallest absolute Gasteiger partial charge is 0.0689 e. The third kappa shape index (κ3) is 9.20. The Morgan fingerprint density at radius 3 is 2.62 bits per heavy atom. The molecule has 0 rings (SSSR count). The summed E-state index contributed by atoms with van der Waals surface area (Å²) in [6.07, 6.45) is 1.25. The molecule has 3 nitrogen and oxygen atoms in total.